The fourth-order valence-electron chi connectivity index (χ4n) is 1.65. The first-order chi connectivity index (χ1) is 9.41. The summed E-state index contributed by atoms with van der Waals surface area (Å²) in [6.45, 7) is 2.48. The van der Waals surface area contributed by atoms with Crippen LogP contribution in [0.4, 0.5) is 0 Å². The summed E-state index contributed by atoms with van der Waals surface area (Å²) in [5, 5.41) is 8.63. The van der Waals surface area contributed by atoms with Crippen LogP contribution in [0.5, 0.6) is 0 Å². The van der Waals surface area contributed by atoms with Crippen LogP contribution in [0.25, 0.3) is 0 Å². The minimum Gasteiger partial charge on any atom is -0.396 e. The van der Waals surface area contributed by atoms with Crippen molar-refractivity contribution in [2.45, 2.75) is 58.3 Å². The maximum Gasteiger partial charge on any atom is 0.0431 e. The Morgan fingerprint density at radius 3 is 1.68 bits per heavy atom. The number of hydrogen-bond acceptors (Lipinski definition) is 1. The van der Waals surface area contributed by atoms with Crippen molar-refractivity contribution in [1.29, 1.82) is 0 Å². The molecule has 0 aliphatic carbocycles. The van der Waals surface area contributed by atoms with Gasteiger partial charge in [0.25, 0.3) is 0 Å². The number of allylic oxidation sites excluding steroid dienone is 8. The third-order valence-electron chi connectivity index (χ3n) is 2.75. The number of aliphatic hydroxyl groups excluding tert-OH is 1. The van der Waals surface area contributed by atoms with Gasteiger partial charge >= 0.3 is 0 Å². The molecular formula is C18H30O. The lowest BCUT2D eigenvalue weighted by molar-refractivity contribution is 0.283. The molecule has 0 amide bonds. The molecule has 0 fully saturated rings. The lowest BCUT2D eigenvalue weighted by atomic mass is 10.2. The van der Waals surface area contributed by atoms with E-state index >= 15 is 0 Å². The Hall–Kier alpha value is -1.08. The van der Waals surface area contributed by atoms with Crippen LogP contribution < -0.4 is 0 Å². The fraction of sp³-hybridized carbons (Fsp3) is 0.556. The first kappa shape index (κ1) is 17.9. The highest BCUT2D eigenvalue weighted by Crippen LogP contribution is 2.01. The summed E-state index contributed by atoms with van der Waals surface area (Å²) in [6, 6.07) is 0. The van der Waals surface area contributed by atoms with Gasteiger partial charge in [-0.1, -0.05) is 62.0 Å². The van der Waals surface area contributed by atoms with Crippen molar-refractivity contribution in [2.75, 3.05) is 6.61 Å². The third kappa shape index (κ3) is 16.9. The van der Waals surface area contributed by atoms with E-state index in [9.17, 15) is 0 Å². The van der Waals surface area contributed by atoms with Crippen LogP contribution in [0.1, 0.15) is 58.3 Å². The summed E-state index contributed by atoms with van der Waals surface area (Å²) in [5.74, 6) is 0. The van der Waals surface area contributed by atoms with Crippen molar-refractivity contribution in [1.82, 2.24) is 0 Å². The standard InChI is InChI=1S/C18H30O/c1-2-3-4-5-6-7-8-9-10-11-12-13-14-15-16-17-18-19/h3-4,6-7,9-10,12-13,19H,2,5,8,11,14-18H2,1H3. The molecule has 0 aromatic rings. The molecule has 0 aliphatic rings. The highest BCUT2D eigenvalue weighted by atomic mass is 16.2. The highest BCUT2D eigenvalue weighted by Gasteiger charge is 1.84. The van der Waals surface area contributed by atoms with Gasteiger partial charge in [-0.15, -0.1) is 0 Å². The van der Waals surface area contributed by atoms with Gasteiger partial charge in [-0.3, -0.25) is 0 Å². The number of unbranched alkanes of at least 4 members (excludes halogenated alkanes) is 3. The maximum atomic E-state index is 8.63. The summed E-state index contributed by atoms with van der Waals surface area (Å²) < 4.78 is 0. The summed E-state index contributed by atoms with van der Waals surface area (Å²) in [5.41, 5.74) is 0. The molecular weight excluding hydrogens is 232 g/mol. The Bertz CT molecular complexity index is 271. The minimum absolute atomic E-state index is 0.328. The van der Waals surface area contributed by atoms with E-state index in [1.165, 1.54) is 6.42 Å². The summed E-state index contributed by atoms with van der Waals surface area (Å²) in [4.78, 5) is 0. The molecule has 0 atom stereocenters. The van der Waals surface area contributed by atoms with Crippen molar-refractivity contribution in [3.05, 3.63) is 48.6 Å². The normalized spacial score (nSPS) is 12.7. The van der Waals surface area contributed by atoms with E-state index in [0.29, 0.717) is 6.61 Å². The second-order valence-electron chi connectivity index (χ2n) is 4.57. The lowest BCUT2D eigenvalue weighted by Crippen LogP contribution is -1.81. The van der Waals surface area contributed by atoms with Gasteiger partial charge in [0.05, 0.1) is 0 Å². The van der Waals surface area contributed by atoms with Crippen molar-refractivity contribution >= 4 is 0 Å². The average Bonchev–Trinajstić information content (AvgIpc) is 2.43. The van der Waals surface area contributed by atoms with Gasteiger partial charge < -0.3 is 5.11 Å². The molecule has 0 unspecified atom stereocenters. The second kappa shape index (κ2) is 16.9. The van der Waals surface area contributed by atoms with E-state index in [-0.39, 0.29) is 0 Å². The summed E-state index contributed by atoms with van der Waals surface area (Å²) in [6.07, 6.45) is 26.4. The highest BCUT2D eigenvalue weighted by molar-refractivity contribution is 4.99. The Morgan fingerprint density at radius 2 is 1.16 bits per heavy atom. The van der Waals surface area contributed by atoms with Crippen molar-refractivity contribution in [2.24, 2.45) is 0 Å². The molecule has 0 bridgehead atoms. The maximum absolute atomic E-state index is 8.63. The quantitative estimate of drug-likeness (QED) is 0.371. The van der Waals surface area contributed by atoms with Gasteiger partial charge in [0, 0.05) is 6.61 Å². The predicted octanol–water partition coefficient (Wildman–Crippen LogP) is 5.34. The molecule has 0 rings (SSSR count). The fourth-order valence-corrected chi connectivity index (χ4v) is 1.65. The van der Waals surface area contributed by atoms with Crippen LogP contribution in [0.3, 0.4) is 0 Å². The van der Waals surface area contributed by atoms with Crippen LogP contribution in [-0.2, 0) is 0 Å². The van der Waals surface area contributed by atoms with E-state index < -0.39 is 0 Å². The largest absolute Gasteiger partial charge is 0.396 e. The van der Waals surface area contributed by atoms with Crippen LogP contribution in [0, 0.1) is 0 Å². The number of aliphatic hydroxyl groups is 1. The van der Waals surface area contributed by atoms with E-state index in [1.807, 2.05) is 0 Å². The third-order valence-corrected chi connectivity index (χ3v) is 2.75. The molecule has 1 nitrogen and oxygen atoms in total. The van der Waals surface area contributed by atoms with Gasteiger partial charge in [0.15, 0.2) is 0 Å². The van der Waals surface area contributed by atoms with E-state index in [4.69, 9.17) is 5.11 Å². The van der Waals surface area contributed by atoms with Gasteiger partial charge in [-0.05, 0) is 44.9 Å². The molecule has 0 saturated carbocycles. The van der Waals surface area contributed by atoms with E-state index in [2.05, 4.69) is 55.5 Å². The molecule has 19 heavy (non-hydrogen) atoms. The molecule has 0 saturated heterocycles. The van der Waals surface area contributed by atoms with Crippen molar-refractivity contribution in [3.63, 3.8) is 0 Å². The first-order valence-corrected chi connectivity index (χ1v) is 7.62. The minimum atomic E-state index is 0.328. The first-order valence-electron chi connectivity index (χ1n) is 7.62. The van der Waals surface area contributed by atoms with Gasteiger partial charge in [-0.2, -0.15) is 0 Å². The molecule has 0 radical (unpaired) electrons. The Labute approximate surface area is 119 Å². The molecule has 108 valence electrons. The molecule has 1 N–H and O–H groups in total. The summed E-state index contributed by atoms with van der Waals surface area (Å²) in [7, 11) is 0. The molecule has 0 heterocycles. The number of rotatable bonds is 12. The molecule has 0 aromatic heterocycles. The monoisotopic (exact) mass is 262 g/mol. The molecule has 0 aromatic carbocycles. The molecule has 1 heteroatoms. The van der Waals surface area contributed by atoms with Gasteiger partial charge in [0.2, 0.25) is 0 Å². The summed E-state index contributed by atoms with van der Waals surface area (Å²) >= 11 is 0. The Morgan fingerprint density at radius 1 is 0.632 bits per heavy atom. The van der Waals surface area contributed by atoms with Crippen LogP contribution >= 0.6 is 0 Å². The Balaban J connectivity index is 3.33. The average molecular weight is 262 g/mol. The topological polar surface area (TPSA) is 20.2 Å². The van der Waals surface area contributed by atoms with Crippen LogP contribution in [0.15, 0.2) is 48.6 Å². The SMILES string of the molecule is CCC=CCC=CCC=CCC=CCCCCCO. The van der Waals surface area contributed by atoms with E-state index in [0.717, 1.165) is 44.9 Å². The molecule has 0 aliphatic heterocycles. The zero-order chi connectivity index (χ0) is 14.0. The van der Waals surface area contributed by atoms with Crippen LogP contribution in [-0.4, -0.2) is 11.7 Å². The van der Waals surface area contributed by atoms with Crippen LogP contribution in [0.2, 0.25) is 0 Å². The molecule has 0 spiro atoms. The van der Waals surface area contributed by atoms with Gasteiger partial charge in [0.1, 0.15) is 0 Å². The van der Waals surface area contributed by atoms with Gasteiger partial charge in [-0.25, -0.2) is 0 Å². The number of hydrogen-bond donors (Lipinski definition) is 1. The van der Waals surface area contributed by atoms with E-state index in [1.54, 1.807) is 0 Å². The van der Waals surface area contributed by atoms with Crippen molar-refractivity contribution in [3.8, 4) is 0 Å². The zero-order valence-electron chi connectivity index (χ0n) is 12.4. The second-order valence-corrected chi connectivity index (χ2v) is 4.57. The Kier molecular flexibility index (Phi) is 16.0. The lowest BCUT2D eigenvalue weighted by Gasteiger charge is -1.93. The zero-order valence-corrected chi connectivity index (χ0v) is 12.4. The smallest absolute Gasteiger partial charge is 0.0431 e. The predicted molar refractivity (Wildman–Crippen MR) is 86.3 cm³/mol. The van der Waals surface area contributed by atoms with Crippen molar-refractivity contribution < 1.29 is 5.11 Å².